The summed E-state index contributed by atoms with van der Waals surface area (Å²) in [6.45, 7) is 0. The average molecular weight is 503 g/mol. The molecule has 0 bridgehead atoms. The molecule has 0 aliphatic heterocycles. The van der Waals surface area contributed by atoms with E-state index in [1.54, 1.807) is 31.4 Å². The number of halogens is 2. The molecule has 106 valence electrons. The normalized spacial score (nSPS) is 10.0. The van der Waals surface area contributed by atoms with Crippen molar-refractivity contribution >= 4 is 51.0 Å². The molecular weight excluding hydrogens is 492 g/mol. The van der Waals surface area contributed by atoms with Gasteiger partial charge in [0.2, 0.25) is 0 Å². The lowest BCUT2D eigenvalue weighted by Crippen LogP contribution is -2.07. The van der Waals surface area contributed by atoms with Gasteiger partial charge in [0.25, 0.3) is 0 Å². The van der Waals surface area contributed by atoms with Gasteiger partial charge < -0.3 is 4.74 Å². The van der Waals surface area contributed by atoms with Crippen LogP contribution in [-0.4, -0.2) is 12.9 Å². The number of hydrogen-bond donors (Lipinski definition) is 0. The molecule has 0 aliphatic carbocycles. The maximum atomic E-state index is 12.6. The summed E-state index contributed by atoms with van der Waals surface area (Å²) in [5.41, 5.74) is 2.24. The van der Waals surface area contributed by atoms with Crippen LogP contribution in [0.1, 0.15) is 21.5 Å². The summed E-state index contributed by atoms with van der Waals surface area (Å²) in [5, 5.41) is 8.77. The second-order valence-corrected chi connectivity index (χ2v) is 6.65. The Morgan fingerprint density at radius 3 is 2.24 bits per heavy atom. The molecule has 0 radical (unpaired) electrons. The van der Waals surface area contributed by atoms with Gasteiger partial charge in [-0.25, -0.2) is 0 Å². The van der Waals surface area contributed by atoms with Gasteiger partial charge in [0.1, 0.15) is 5.75 Å². The fourth-order valence-corrected chi connectivity index (χ4v) is 4.31. The molecule has 0 heterocycles. The van der Waals surface area contributed by atoms with E-state index in [4.69, 9.17) is 10.00 Å². The Balaban J connectivity index is 2.41. The molecule has 0 fully saturated rings. The van der Waals surface area contributed by atoms with Crippen LogP contribution >= 0.6 is 45.2 Å². The summed E-state index contributed by atoms with van der Waals surface area (Å²) in [5.74, 6) is 0.704. The van der Waals surface area contributed by atoms with E-state index in [1.807, 2.05) is 12.1 Å². The van der Waals surface area contributed by atoms with E-state index in [1.165, 1.54) is 0 Å². The lowest BCUT2D eigenvalue weighted by Gasteiger charge is -2.09. The third-order valence-corrected chi connectivity index (χ3v) is 4.67. The highest BCUT2D eigenvalue weighted by Gasteiger charge is 2.17. The zero-order valence-corrected chi connectivity index (χ0v) is 15.5. The van der Waals surface area contributed by atoms with Crippen LogP contribution in [0.3, 0.4) is 0 Å². The predicted molar refractivity (Wildman–Crippen MR) is 97.6 cm³/mol. The van der Waals surface area contributed by atoms with Crippen molar-refractivity contribution in [2.24, 2.45) is 0 Å². The third kappa shape index (κ3) is 3.74. The summed E-state index contributed by atoms with van der Waals surface area (Å²) in [7, 11) is 1.59. The zero-order chi connectivity index (χ0) is 15.4. The molecule has 0 saturated heterocycles. The molecule has 2 rings (SSSR count). The molecule has 0 saturated carbocycles. The Kier molecular flexibility index (Phi) is 5.58. The second kappa shape index (κ2) is 7.22. The first-order chi connectivity index (χ1) is 10.1. The molecule has 0 aromatic heterocycles. The fraction of sp³-hybridized carbons (Fsp3) is 0.125. The molecule has 0 aliphatic rings. The largest absolute Gasteiger partial charge is 0.497 e. The molecule has 21 heavy (non-hydrogen) atoms. The van der Waals surface area contributed by atoms with Gasteiger partial charge in [-0.2, -0.15) is 5.26 Å². The summed E-state index contributed by atoms with van der Waals surface area (Å²) < 4.78 is 6.83. The first-order valence-corrected chi connectivity index (χ1v) is 8.26. The quantitative estimate of drug-likeness (QED) is 0.465. The number of hydrogen-bond acceptors (Lipinski definition) is 3. The minimum atomic E-state index is -0.0186. The van der Waals surface area contributed by atoms with Crippen molar-refractivity contribution in [3.05, 3.63) is 60.2 Å². The van der Waals surface area contributed by atoms with Crippen molar-refractivity contribution in [1.82, 2.24) is 0 Å². The number of benzene rings is 2. The molecule has 0 amide bonds. The fourth-order valence-electron chi connectivity index (χ4n) is 1.92. The third-order valence-electron chi connectivity index (χ3n) is 2.96. The molecule has 0 atom stereocenters. The number of carbonyl (C=O) groups is 1. The van der Waals surface area contributed by atoms with E-state index in [0.717, 1.165) is 18.5 Å². The molecule has 2 aromatic rings. The van der Waals surface area contributed by atoms with Crippen molar-refractivity contribution in [1.29, 1.82) is 5.26 Å². The number of ether oxygens (including phenoxy) is 1. The molecule has 0 N–H and O–H groups in total. The van der Waals surface area contributed by atoms with Gasteiger partial charge in [0.05, 0.1) is 19.6 Å². The Morgan fingerprint density at radius 1 is 1.19 bits per heavy atom. The lowest BCUT2D eigenvalue weighted by atomic mass is 10.0. The summed E-state index contributed by atoms with van der Waals surface area (Å²) in [6, 6.07) is 13.0. The van der Waals surface area contributed by atoms with Crippen LogP contribution in [0.5, 0.6) is 5.75 Å². The van der Waals surface area contributed by atoms with Crippen molar-refractivity contribution < 1.29 is 9.53 Å². The van der Waals surface area contributed by atoms with Gasteiger partial charge in [-0.3, -0.25) is 4.79 Å². The SMILES string of the molecule is COc1ccc(C(=O)c2c(I)cc(CC#N)cc2I)cc1. The Bertz CT molecular complexity index is 695. The van der Waals surface area contributed by atoms with Crippen LogP contribution in [0, 0.1) is 18.5 Å². The summed E-state index contributed by atoms with van der Waals surface area (Å²) >= 11 is 4.30. The van der Waals surface area contributed by atoms with Crippen molar-refractivity contribution in [3.8, 4) is 11.8 Å². The van der Waals surface area contributed by atoms with E-state index in [-0.39, 0.29) is 5.78 Å². The van der Waals surface area contributed by atoms with Crippen LogP contribution in [0.15, 0.2) is 36.4 Å². The highest BCUT2D eigenvalue weighted by molar-refractivity contribution is 14.1. The van der Waals surface area contributed by atoms with Gasteiger partial charge in [-0.15, -0.1) is 0 Å². The van der Waals surface area contributed by atoms with Crippen molar-refractivity contribution in [2.45, 2.75) is 6.42 Å². The summed E-state index contributed by atoms with van der Waals surface area (Å²) in [6.07, 6.45) is 0.350. The van der Waals surface area contributed by atoms with E-state index in [9.17, 15) is 4.79 Å². The number of nitriles is 1. The number of rotatable bonds is 4. The predicted octanol–water partition coefficient (Wildman–Crippen LogP) is 4.20. The molecule has 0 spiro atoms. The molecular formula is C16H11I2NO2. The molecule has 5 heteroatoms. The van der Waals surface area contributed by atoms with E-state index in [2.05, 4.69) is 51.3 Å². The maximum Gasteiger partial charge on any atom is 0.195 e. The maximum absolute atomic E-state index is 12.6. The van der Waals surface area contributed by atoms with Gasteiger partial charge in [0, 0.05) is 18.3 Å². The van der Waals surface area contributed by atoms with Crippen LogP contribution in [0.2, 0.25) is 0 Å². The van der Waals surface area contributed by atoms with Crippen LogP contribution in [0.25, 0.3) is 0 Å². The lowest BCUT2D eigenvalue weighted by molar-refractivity contribution is 0.103. The van der Waals surface area contributed by atoms with E-state index < -0.39 is 0 Å². The Morgan fingerprint density at radius 2 is 1.76 bits per heavy atom. The highest BCUT2D eigenvalue weighted by Crippen LogP contribution is 2.25. The standard InChI is InChI=1S/C16H11I2NO2/c1-21-12-4-2-11(3-5-12)16(20)15-13(17)8-10(6-7-19)9-14(15)18/h2-5,8-9H,6H2,1H3. The highest BCUT2D eigenvalue weighted by atomic mass is 127. The van der Waals surface area contributed by atoms with Crippen molar-refractivity contribution in [2.75, 3.05) is 7.11 Å². The van der Waals surface area contributed by atoms with Crippen LogP contribution in [0.4, 0.5) is 0 Å². The summed E-state index contributed by atoms with van der Waals surface area (Å²) in [4.78, 5) is 12.6. The molecule has 3 nitrogen and oxygen atoms in total. The molecule has 0 unspecified atom stereocenters. The Labute approximate surface area is 150 Å². The second-order valence-electron chi connectivity index (χ2n) is 4.33. The smallest absolute Gasteiger partial charge is 0.195 e. The average Bonchev–Trinajstić information content (AvgIpc) is 2.47. The number of ketones is 1. The zero-order valence-electron chi connectivity index (χ0n) is 11.2. The van der Waals surface area contributed by atoms with Crippen molar-refractivity contribution in [3.63, 3.8) is 0 Å². The topological polar surface area (TPSA) is 50.1 Å². The van der Waals surface area contributed by atoms with Gasteiger partial charge in [0.15, 0.2) is 5.78 Å². The van der Waals surface area contributed by atoms with Gasteiger partial charge >= 0.3 is 0 Å². The minimum absolute atomic E-state index is 0.0186. The van der Waals surface area contributed by atoms with Crippen LogP contribution < -0.4 is 4.74 Å². The first kappa shape index (κ1) is 16.2. The number of methoxy groups -OCH3 is 1. The van der Waals surface area contributed by atoms with E-state index in [0.29, 0.717) is 17.5 Å². The van der Waals surface area contributed by atoms with Gasteiger partial charge in [-0.1, -0.05) is 0 Å². The number of carbonyl (C=O) groups excluding carboxylic acids is 1. The Hall–Kier alpha value is -1.14. The van der Waals surface area contributed by atoms with E-state index >= 15 is 0 Å². The first-order valence-electron chi connectivity index (χ1n) is 6.10. The van der Waals surface area contributed by atoms with Gasteiger partial charge in [-0.05, 0) is 87.1 Å². The minimum Gasteiger partial charge on any atom is -0.497 e. The monoisotopic (exact) mass is 503 g/mol. The number of nitrogens with zero attached hydrogens (tertiary/aromatic N) is 1. The molecule has 2 aromatic carbocycles. The van der Waals surface area contributed by atoms with Crippen LogP contribution in [-0.2, 0) is 6.42 Å².